The van der Waals surface area contributed by atoms with Crippen molar-refractivity contribution in [3.63, 3.8) is 0 Å². The van der Waals surface area contributed by atoms with E-state index in [9.17, 15) is 0 Å². The minimum atomic E-state index is 1.07. The monoisotopic (exact) mass is 360 g/mol. The van der Waals surface area contributed by atoms with Crippen LogP contribution in [0.25, 0.3) is 0 Å². The molecule has 1 aliphatic heterocycles. The summed E-state index contributed by atoms with van der Waals surface area (Å²) in [6.07, 6.45) is 16.8. The lowest BCUT2D eigenvalue weighted by Gasteiger charge is -2.24. The molecule has 0 amide bonds. The molecule has 0 aromatic heterocycles. The average molecular weight is 361 g/mol. The van der Waals surface area contributed by atoms with Crippen molar-refractivity contribution in [1.29, 1.82) is 0 Å². The molecule has 0 aromatic carbocycles. The third-order valence-corrected chi connectivity index (χ3v) is 5.09. The van der Waals surface area contributed by atoms with Gasteiger partial charge in [0, 0.05) is 32.7 Å². The van der Waals surface area contributed by atoms with Crippen LogP contribution in [0.5, 0.6) is 0 Å². The van der Waals surface area contributed by atoms with Crippen LogP contribution in [-0.2, 0) is 0 Å². The maximum atomic E-state index is 3.61. The quantitative estimate of drug-likeness (QED) is 0.721. The van der Waals surface area contributed by atoms with Gasteiger partial charge < -0.3 is 16.0 Å². The molecule has 4 nitrogen and oxygen atoms in total. The third kappa shape index (κ3) is 9.67. The first-order valence-electron chi connectivity index (χ1n) is 10.8. The smallest absolute Gasteiger partial charge is 0.0234 e. The van der Waals surface area contributed by atoms with Crippen LogP contribution < -0.4 is 16.0 Å². The molecular weight excluding hydrogens is 320 g/mol. The van der Waals surface area contributed by atoms with Gasteiger partial charge in [0.15, 0.2) is 0 Å². The van der Waals surface area contributed by atoms with Gasteiger partial charge in [-0.2, -0.15) is 0 Å². The second kappa shape index (κ2) is 14.2. The summed E-state index contributed by atoms with van der Waals surface area (Å²) in [6.45, 7) is 12.2. The summed E-state index contributed by atoms with van der Waals surface area (Å²) in [7, 11) is 0. The van der Waals surface area contributed by atoms with Crippen LogP contribution in [0.3, 0.4) is 0 Å². The van der Waals surface area contributed by atoms with Crippen molar-refractivity contribution < 1.29 is 0 Å². The Kier molecular flexibility index (Phi) is 11.6. The van der Waals surface area contributed by atoms with E-state index in [1.807, 2.05) is 0 Å². The highest BCUT2D eigenvalue weighted by Crippen LogP contribution is 2.17. The topological polar surface area (TPSA) is 39.3 Å². The lowest BCUT2D eigenvalue weighted by atomic mass is 10.0. The second-order valence-electron chi connectivity index (χ2n) is 7.49. The summed E-state index contributed by atoms with van der Waals surface area (Å²) in [5.74, 6) is 0. The predicted octanol–water partition coefficient (Wildman–Crippen LogP) is 2.85. The largest absolute Gasteiger partial charge is 0.315 e. The molecule has 1 fully saturated rings. The second-order valence-corrected chi connectivity index (χ2v) is 7.49. The first-order valence-corrected chi connectivity index (χ1v) is 10.8. The van der Waals surface area contributed by atoms with E-state index in [-0.39, 0.29) is 0 Å². The molecule has 3 N–H and O–H groups in total. The highest BCUT2D eigenvalue weighted by Gasteiger charge is 2.08. The lowest BCUT2D eigenvalue weighted by Crippen LogP contribution is -2.37. The van der Waals surface area contributed by atoms with E-state index in [0.717, 1.165) is 52.4 Å². The van der Waals surface area contributed by atoms with E-state index >= 15 is 0 Å². The number of nitrogens with zero attached hydrogens (tertiary/aromatic N) is 1. The molecule has 0 bridgehead atoms. The van der Waals surface area contributed by atoms with Crippen molar-refractivity contribution in [2.75, 3.05) is 58.9 Å². The van der Waals surface area contributed by atoms with Gasteiger partial charge in [-0.25, -0.2) is 0 Å². The fourth-order valence-electron chi connectivity index (χ4n) is 3.59. The fourth-order valence-corrected chi connectivity index (χ4v) is 3.59. The molecule has 1 saturated heterocycles. The predicted molar refractivity (Wildman–Crippen MR) is 114 cm³/mol. The molecule has 0 spiro atoms. The average Bonchev–Trinajstić information content (AvgIpc) is 2.63. The summed E-state index contributed by atoms with van der Waals surface area (Å²) < 4.78 is 0. The number of hydrogen-bond donors (Lipinski definition) is 3. The Morgan fingerprint density at radius 2 is 1.65 bits per heavy atom. The van der Waals surface area contributed by atoms with Crippen LogP contribution in [-0.4, -0.2) is 63.8 Å². The molecule has 1 heterocycles. The maximum Gasteiger partial charge on any atom is 0.0234 e. The van der Waals surface area contributed by atoms with Gasteiger partial charge >= 0.3 is 0 Å². The van der Waals surface area contributed by atoms with Crippen LogP contribution in [0.4, 0.5) is 0 Å². The van der Waals surface area contributed by atoms with Gasteiger partial charge in [-0.15, -0.1) is 0 Å². The van der Waals surface area contributed by atoms with Gasteiger partial charge in [-0.1, -0.05) is 43.2 Å². The first-order chi connectivity index (χ1) is 12.9. The van der Waals surface area contributed by atoms with Gasteiger partial charge in [0.1, 0.15) is 0 Å². The Morgan fingerprint density at radius 1 is 0.885 bits per heavy atom. The highest BCUT2D eigenvalue weighted by molar-refractivity contribution is 5.29. The Bertz CT molecular complexity index is 439. The van der Waals surface area contributed by atoms with Gasteiger partial charge in [-0.05, 0) is 63.9 Å². The number of allylic oxidation sites excluding steroid dienone is 4. The van der Waals surface area contributed by atoms with Crippen molar-refractivity contribution in [3.8, 4) is 0 Å². The zero-order valence-electron chi connectivity index (χ0n) is 16.9. The number of rotatable bonds is 4. The van der Waals surface area contributed by atoms with Crippen LogP contribution in [0.2, 0.25) is 0 Å². The van der Waals surface area contributed by atoms with Gasteiger partial charge in [0.25, 0.3) is 0 Å². The molecule has 148 valence electrons. The van der Waals surface area contributed by atoms with Gasteiger partial charge in [-0.3, -0.25) is 4.90 Å². The molecule has 2 aliphatic rings. The SMILES string of the molecule is CCC/C1=C/C=C(/CN2CCCNCCNCCCNCC2)C=CCC1. The van der Waals surface area contributed by atoms with Crippen LogP contribution >= 0.6 is 0 Å². The molecule has 1 aliphatic carbocycles. The summed E-state index contributed by atoms with van der Waals surface area (Å²) in [5, 5.41) is 10.7. The van der Waals surface area contributed by atoms with Crippen molar-refractivity contribution in [2.45, 2.75) is 45.4 Å². The summed E-state index contributed by atoms with van der Waals surface area (Å²) in [5.41, 5.74) is 3.06. The molecule has 0 saturated carbocycles. The minimum absolute atomic E-state index is 1.07. The van der Waals surface area contributed by atoms with E-state index in [2.05, 4.69) is 52.1 Å². The number of hydrogen-bond acceptors (Lipinski definition) is 4. The van der Waals surface area contributed by atoms with Crippen molar-refractivity contribution in [1.82, 2.24) is 20.9 Å². The fraction of sp³-hybridized carbons (Fsp3) is 0.727. The van der Waals surface area contributed by atoms with E-state index in [1.165, 1.54) is 50.6 Å². The molecular formula is C22H40N4. The lowest BCUT2D eigenvalue weighted by molar-refractivity contribution is 0.290. The van der Waals surface area contributed by atoms with Crippen LogP contribution in [0.1, 0.15) is 45.4 Å². The zero-order valence-corrected chi connectivity index (χ0v) is 16.9. The highest BCUT2D eigenvalue weighted by atomic mass is 15.1. The van der Waals surface area contributed by atoms with Crippen molar-refractivity contribution in [3.05, 3.63) is 35.5 Å². The first kappa shape index (κ1) is 21.4. The van der Waals surface area contributed by atoms with E-state index < -0.39 is 0 Å². The third-order valence-electron chi connectivity index (χ3n) is 5.09. The Labute approximate surface area is 161 Å². The molecule has 26 heavy (non-hydrogen) atoms. The van der Waals surface area contributed by atoms with Gasteiger partial charge in [0.2, 0.25) is 0 Å². The zero-order chi connectivity index (χ0) is 18.3. The standard InChI is InChI=1S/C22H40N4/c1-2-7-21-8-3-4-9-22(11-10-21)20-26-18-6-14-24-16-15-23-12-5-13-25-17-19-26/h4,9-11,23-25H,2-3,5-8,12-20H2,1H3/b9-4?,21-10-,22-11+. The molecule has 0 aromatic rings. The summed E-state index contributed by atoms with van der Waals surface area (Å²) >= 11 is 0. The van der Waals surface area contributed by atoms with E-state index in [0.29, 0.717) is 0 Å². The molecule has 4 heteroatoms. The number of nitrogens with one attached hydrogen (secondary N) is 3. The Balaban J connectivity index is 1.89. The van der Waals surface area contributed by atoms with Gasteiger partial charge in [0.05, 0.1) is 0 Å². The summed E-state index contributed by atoms with van der Waals surface area (Å²) in [4.78, 5) is 2.61. The van der Waals surface area contributed by atoms with E-state index in [4.69, 9.17) is 0 Å². The molecule has 0 unspecified atom stereocenters. The molecule has 0 radical (unpaired) electrons. The van der Waals surface area contributed by atoms with Crippen LogP contribution in [0, 0.1) is 0 Å². The maximum absolute atomic E-state index is 3.61. The van der Waals surface area contributed by atoms with Crippen LogP contribution in [0.15, 0.2) is 35.5 Å². The summed E-state index contributed by atoms with van der Waals surface area (Å²) in [6, 6.07) is 0. The normalized spacial score (nSPS) is 26.7. The minimum Gasteiger partial charge on any atom is -0.315 e. The molecule has 0 atom stereocenters. The molecule has 2 rings (SSSR count). The van der Waals surface area contributed by atoms with Crippen molar-refractivity contribution >= 4 is 0 Å². The van der Waals surface area contributed by atoms with E-state index in [1.54, 1.807) is 5.57 Å². The Hall–Kier alpha value is -0.940. The van der Waals surface area contributed by atoms with Crippen molar-refractivity contribution in [2.24, 2.45) is 0 Å². The Morgan fingerprint density at radius 3 is 2.46 bits per heavy atom.